The number of rotatable bonds is 2. The minimum atomic E-state index is -0.0836. The van der Waals surface area contributed by atoms with Crippen LogP contribution in [0.3, 0.4) is 0 Å². The van der Waals surface area contributed by atoms with Gasteiger partial charge in [0.15, 0.2) is 17.3 Å². The molecule has 4 nitrogen and oxygen atoms in total. The van der Waals surface area contributed by atoms with Crippen molar-refractivity contribution in [1.29, 1.82) is 0 Å². The summed E-state index contributed by atoms with van der Waals surface area (Å²) in [5.74, 6) is 1.47. The maximum absolute atomic E-state index is 12.8. The first-order valence-electron chi connectivity index (χ1n) is 6.36. The first-order valence-corrected chi connectivity index (χ1v) is 7.15. The maximum atomic E-state index is 12.8. The SMILES string of the molecule is COc1cc2c(cc1OC)C(=O)c1cc(Br)ccc1CO2. The number of carbonyl (C=O) groups is 1. The van der Waals surface area contributed by atoms with Crippen molar-refractivity contribution in [1.82, 2.24) is 0 Å². The van der Waals surface area contributed by atoms with E-state index in [0.717, 1.165) is 10.0 Å². The number of ether oxygens (including phenoxy) is 3. The Morgan fingerprint density at radius 3 is 2.48 bits per heavy atom. The molecule has 0 saturated heterocycles. The highest BCUT2D eigenvalue weighted by Crippen LogP contribution is 2.38. The molecule has 3 rings (SSSR count). The number of benzene rings is 2. The molecule has 21 heavy (non-hydrogen) atoms. The average Bonchev–Trinajstić information content (AvgIpc) is 2.63. The van der Waals surface area contributed by atoms with Gasteiger partial charge in [0.2, 0.25) is 0 Å². The zero-order valence-corrected chi connectivity index (χ0v) is 13.2. The van der Waals surface area contributed by atoms with Gasteiger partial charge in [-0.15, -0.1) is 0 Å². The summed E-state index contributed by atoms with van der Waals surface area (Å²) in [7, 11) is 3.09. The lowest BCUT2D eigenvalue weighted by Gasteiger charge is -2.12. The van der Waals surface area contributed by atoms with E-state index in [1.54, 1.807) is 19.2 Å². The fourth-order valence-electron chi connectivity index (χ4n) is 2.34. The van der Waals surface area contributed by atoms with Crippen LogP contribution in [0.2, 0.25) is 0 Å². The minimum Gasteiger partial charge on any atom is -0.493 e. The van der Waals surface area contributed by atoms with Crippen LogP contribution in [0.5, 0.6) is 17.2 Å². The summed E-state index contributed by atoms with van der Waals surface area (Å²) in [6.45, 7) is 0.344. The largest absolute Gasteiger partial charge is 0.493 e. The third-order valence-electron chi connectivity index (χ3n) is 3.43. The van der Waals surface area contributed by atoms with Crippen LogP contribution in [0.15, 0.2) is 34.8 Å². The third kappa shape index (κ3) is 2.38. The van der Waals surface area contributed by atoms with Gasteiger partial charge in [0, 0.05) is 21.7 Å². The smallest absolute Gasteiger partial charge is 0.197 e. The van der Waals surface area contributed by atoms with Gasteiger partial charge in [-0.3, -0.25) is 4.79 Å². The number of methoxy groups -OCH3 is 2. The van der Waals surface area contributed by atoms with E-state index in [0.29, 0.717) is 35.0 Å². The predicted molar refractivity (Wildman–Crippen MR) is 81.5 cm³/mol. The molecule has 0 radical (unpaired) electrons. The zero-order chi connectivity index (χ0) is 15.0. The number of fused-ring (bicyclic) bond motifs is 2. The van der Waals surface area contributed by atoms with Crippen LogP contribution in [0.25, 0.3) is 0 Å². The molecule has 0 amide bonds. The highest BCUT2D eigenvalue weighted by atomic mass is 79.9. The molecule has 5 heteroatoms. The summed E-state index contributed by atoms with van der Waals surface area (Å²) < 4.78 is 17.1. The van der Waals surface area contributed by atoms with Gasteiger partial charge in [0.05, 0.1) is 19.8 Å². The molecule has 0 aromatic heterocycles. The second-order valence-electron chi connectivity index (χ2n) is 4.62. The van der Waals surface area contributed by atoms with Crippen molar-refractivity contribution >= 4 is 21.7 Å². The van der Waals surface area contributed by atoms with Gasteiger partial charge in [-0.25, -0.2) is 0 Å². The lowest BCUT2D eigenvalue weighted by atomic mass is 9.99. The zero-order valence-electron chi connectivity index (χ0n) is 11.6. The Morgan fingerprint density at radius 1 is 1.05 bits per heavy atom. The Balaban J connectivity index is 2.18. The molecular weight excluding hydrogens is 336 g/mol. The first-order chi connectivity index (χ1) is 10.1. The van der Waals surface area contributed by atoms with Crippen molar-refractivity contribution in [2.24, 2.45) is 0 Å². The van der Waals surface area contributed by atoms with Gasteiger partial charge in [0.25, 0.3) is 0 Å². The van der Waals surface area contributed by atoms with Crippen LogP contribution in [-0.2, 0) is 6.61 Å². The Hall–Kier alpha value is -2.01. The van der Waals surface area contributed by atoms with Crippen LogP contribution in [0, 0.1) is 0 Å². The standard InChI is InChI=1S/C16H13BrO4/c1-19-14-6-12-13(7-15(14)20-2)21-8-9-3-4-10(17)5-11(9)16(12)18/h3-7H,8H2,1-2H3. The van der Waals surface area contributed by atoms with Crippen molar-refractivity contribution in [2.75, 3.05) is 14.2 Å². The molecule has 0 fully saturated rings. The highest BCUT2D eigenvalue weighted by molar-refractivity contribution is 9.10. The summed E-state index contributed by atoms with van der Waals surface area (Å²) >= 11 is 3.40. The van der Waals surface area contributed by atoms with Crippen molar-refractivity contribution in [2.45, 2.75) is 6.61 Å². The van der Waals surface area contributed by atoms with Gasteiger partial charge < -0.3 is 14.2 Å². The molecule has 1 aliphatic rings. The van der Waals surface area contributed by atoms with E-state index in [2.05, 4.69) is 15.9 Å². The van der Waals surface area contributed by atoms with Crippen molar-refractivity contribution in [3.63, 3.8) is 0 Å². The van der Waals surface area contributed by atoms with Crippen LogP contribution in [-0.4, -0.2) is 20.0 Å². The molecule has 2 aromatic rings. The number of halogens is 1. The molecule has 0 atom stereocenters. The van der Waals surface area contributed by atoms with Crippen molar-refractivity contribution in [3.05, 3.63) is 51.5 Å². The van der Waals surface area contributed by atoms with Crippen molar-refractivity contribution in [3.8, 4) is 17.2 Å². The fourth-order valence-corrected chi connectivity index (χ4v) is 2.70. The lowest BCUT2D eigenvalue weighted by Crippen LogP contribution is -2.03. The number of carbonyl (C=O) groups excluding carboxylic acids is 1. The van der Waals surface area contributed by atoms with E-state index in [4.69, 9.17) is 14.2 Å². The Bertz CT molecular complexity index is 724. The summed E-state index contributed by atoms with van der Waals surface area (Å²) in [4.78, 5) is 12.8. The Kier molecular flexibility index (Phi) is 3.59. The molecule has 0 aliphatic carbocycles. The van der Waals surface area contributed by atoms with E-state index in [9.17, 15) is 4.79 Å². The monoisotopic (exact) mass is 348 g/mol. The van der Waals surface area contributed by atoms with Crippen molar-refractivity contribution < 1.29 is 19.0 Å². The predicted octanol–water partition coefficient (Wildman–Crippen LogP) is 3.59. The molecule has 1 heterocycles. The maximum Gasteiger partial charge on any atom is 0.197 e. The van der Waals surface area contributed by atoms with Gasteiger partial charge >= 0.3 is 0 Å². The molecule has 0 bridgehead atoms. The molecule has 1 aliphatic heterocycles. The van der Waals surface area contributed by atoms with Gasteiger partial charge in [-0.05, 0) is 18.2 Å². The van der Waals surface area contributed by atoms with E-state index >= 15 is 0 Å². The van der Waals surface area contributed by atoms with Gasteiger partial charge in [-0.1, -0.05) is 22.0 Å². The van der Waals surface area contributed by atoms with E-state index in [1.165, 1.54) is 7.11 Å². The first kappa shape index (κ1) is 13.9. The third-order valence-corrected chi connectivity index (χ3v) is 3.92. The van der Waals surface area contributed by atoms with Crippen LogP contribution in [0.4, 0.5) is 0 Å². The number of hydrogen-bond donors (Lipinski definition) is 0. The second kappa shape index (κ2) is 5.41. The lowest BCUT2D eigenvalue weighted by molar-refractivity contribution is 0.103. The minimum absolute atomic E-state index is 0.0836. The fraction of sp³-hybridized carbons (Fsp3) is 0.188. The molecule has 0 spiro atoms. The van der Waals surface area contributed by atoms with E-state index < -0.39 is 0 Å². The van der Waals surface area contributed by atoms with E-state index in [1.807, 2.05) is 18.2 Å². The summed E-state index contributed by atoms with van der Waals surface area (Å²) in [6.07, 6.45) is 0. The highest BCUT2D eigenvalue weighted by Gasteiger charge is 2.25. The average molecular weight is 349 g/mol. The van der Waals surface area contributed by atoms with Crippen LogP contribution < -0.4 is 14.2 Å². The molecule has 0 N–H and O–H groups in total. The molecule has 108 valence electrons. The topological polar surface area (TPSA) is 44.8 Å². The Morgan fingerprint density at radius 2 is 1.76 bits per heavy atom. The quantitative estimate of drug-likeness (QED) is 0.831. The van der Waals surface area contributed by atoms with Crippen LogP contribution >= 0.6 is 15.9 Å². The Labute approximate surface area is 130 Å². The number of ketones is 1. The summed E-state index contributed by atoms with van der Waals surface area (Å²) in [6, 6.07) is 8.94. The molecular formula is C16H13BrO4. The second-order valence-corrected chi connectivity index (χ2v) is 5.54. The van der Waals surface area contributed by atoms with Gasteiger partial charge in [-0.2, -0.15) is 0 Å². The summed E-state index contributed by atoms with van der Waals surface area (Å²) in [5, 5.41) is 0. The molecule has 0 saturated carbocycles. The van der Waals surface area contributed by atoms with E-state index in [-0.39, 0.29) is 5.78 Å². The molecule has 2 aromatic carbocycles. The summed E-state index contributed by atoms with van der Waals surface area (Å²) in [5.41, 5.74) is 1.97. The molecule has 0 unspecified atom stereocenters. The normalized spacial score (nSPS) is 12.8. The number of hydrogen-bond acceptors (Lipinski definition) is 4. The van der Waals surface area contributed by atoms with Gasteiger partial charge in [0.1, 0.15) is 12.4 Å². The van der Waals surface area contributed by atoms with Crippen LogP contribution in [0.1, 0.15) is 21.5 Å².